The minimum absolute atomic E-state index is 0.0500. The molecule has 27 heavy (non-hydrogen) atoms. The zero-order valence-corrected chi connectivity index (χ0v) is 15.3. The molecule has 140 valence electrons. The molecule has 0 fully saturated rings. The highest BCUT2D eigenvalue weighted by Crippen LogP contribution is 2.17. The molecule has 4 rings (SSSR count). The summed E-state index contributed by atoms with van der Waals surface area (Å²) < 4.78 is 1.71. The molecule has 0 spiro atoms. The first-order valence-electron chi connectivity index (χ1n) is 9.19. The predicted octanol–water partition coefficient (Wildman–Crippen LogP) is 0.893. The number of anilines is 1. The van der Waals surface area contributed by atoms with Crippen molar-refractivity contribution in [3.05, 3.63) is 47.4 Å². The van der Waals surface area contributed by atoms with Crippen molar-refractivity contribution in [1.29, 1.82) is 0 Å². The number of nitrogens with zero attached hydrogens (tertiary/aromatic N) is 4. The van der Waals surface area contributed by atoms with Crippen molar-refractivity contribution in [3.8, 4) is 0 Å². The Labute approximate surface area is 157 Å². The number of benzene rings is 1. The average Bonchev–Trinajstić information content (AvgIpc) is 2.92. The maximum absolute atomic E-state index is 12.4. The molecule has 0 bridgehead atoms. The molecule has 1 aliphatic heterocycles. The van der Waals surface area contributed by atoms with Crippen molar-refractivity contribution in [3.63, 3.8) is 0 Å². The number of hydrogen-bond acceptors (Lipinski definition) is 6. The van der Waals surface area contributed by atoms with Crippen molar-refractivity contribution in [2.75, 3.05) is 31.5 Å². The summed E-state index contributed by atoms with van der Waals surface area (Å²) in [6.45, 7) is 3.03. The molecule has 3 heterocycles. The van der Waals surface area contributed by atoms with Crippen LogP contribution in [0, 0.1) is 0 Å². The number of carbonyl (C=O) groups is 1. The van der Waals surface area contributed by atoms with Crippen LogP contribution in [0.25, 0.3) is 11.0 Å². The quantitative estimate of drug-likeness (QED) is 0.581. The van der Waals surface area contributed by atoms with Crippen LogP contribution in [0.3, 0.4) is 0 Å². The van der Waals surface area contributed by atoms with E-state index in [4.69, 9.17) is 0 Å². The Hall–Kier alpha value is -3.00. The topological polar surface area (TPSA) is 96.8 Å². The molecule has 1 aromatic carbocycles. The van der Waals surface area contributed by atoms with E-state index in [1.54, 1.807) is 10.9 Å². The van der Waals surface area contributed by atoms with Crippen LogP contribution >= 0.6 is 0 Å². The molecular weight excluding hydrogens is 342 g/mol. The second-order valence-corrected chi connectivity index (χ2v) is 6.64. The number of carbonyl (C=O) groups excluding carboxylic acids is 1. The van der Waals surface area contributed by atoms with E-state index in [1.807, 2.05) is 19.2 Å². The van der Waals surface area contributed by atoms with Gasteiger partial charge in [0.2, 0.25) is 0 Å². The van der Waals surface area contributed by atoms with Gasteiger partial charge in [0.05, 0.1) is 11.6 Å². The lowest BCUT2D eigenvalue weighted by Crippen LogP contribution is -2.29. The fourth-order valence-electron chi connectivity index (χ4n) is 3.38. The molecule has 0 aliphatic carbocycles. The number of aromatic nitrogens is 4. The van der Waals surface area contributed by atoms with Gasteiger partial charge in [0.15, 0.2) is 5.65 Å². The number of fused-ring (bicyclic) bond motifs is 2. The Balaban J connectivity index is 1.34. The minimum Gasteiger partial charge on any atom is -0.368 e. The summed E-state index contributed by atoms with van der Waals surface area (Å²) in [6.07, 6.45) is 5.23. The van der Waals surface area contributed by atoms with E-state index in [-0.39, 0.29) is 5.91 Å². The lowest BCUT2D eigenvalue weighted by atomic mass is 10.00. The van der Waals surface area contributed by atoms with E-state index in [0.29, 0.717) is 18.7 Å². The number of rotatable bonds is 5. The second-order valence-electron chi connectivity index (χ2n) is 6.64. The molecule has 2 aromatic heterocycles. The molecule has 1 amide bonds. The summed E-state index contributed by atoms with van der Waals surface area (Å²) >= 11 is 0. The molecule has 8 heteroatoms. The van der Waals surface area contributed by atoms with Gasteiger partial charge in [-0.3, -0.25) is 9.48 Å². The van der Waals surface area contributed by atoms with Crippen LogP contribution in [0.4, 0.5) is 5.82 Å². The molecule has 0 unspecified atom stereocenters. The second kappa shape index (κ2) is 7.71. The Morgan fingerprint density at radius 3 is 2.93 bits per heavy atom. The third-order valence-electron chi connectivity index (χ3n) is 4.84. The van der Waals surface area contributed by atoms with Crippen molar-refractivity contribution >= 4 is 22.8 Å². The first-order chi connectivity index (χ1) is 13.2. The highest BCUT2D eigenvalue weighted by atomic mass is 16.1. The molecule has 3 N–H and O–H groups in total. The predicted molar refractivity (Wildman–Crippen MR) is 104 cm³/mol. The van der Waals surface area contributed by atoms with E-state index >= 15 is 0 Å². The zero-order valence-electron chi connectivity index (χ0n) is 15.3. The van der Waals surface area contributed by atoms with Gasteiger partial charge in [-0.1, -0.05) is 6.07 Å². The molecule has 8 nitrogen and oxygen atoms in total. The largest absolute Gasteiger partial charge is 0.368 e. The van der Waals surface area contributed by atoms with E-state index in [0.717, 1.165) is 42.8 Å². The van der Waals surface area contributed by atoms with Crippen molar-refractivity contribution in [1.82, 2.24) is 30.4 Å². The van der Waals surface area contributed by atoms with Crippen LogP contribution < -0.4 is 16.0 Å². The van der Waals surface area contributed by atoms with Gasteiger partial charge in [0.25, 0.3) is 5.91 Å². The maximum Gasteiger partial charge on any atom is 0.251 e. The standard InChI is InChI=1S/C19H23N7O/c1-26-18-16(11-25-26)17(23-12-24-18)21-8-9-22-19(27)15-3-2-13-4-6-20-7-5-14(13)10-15/h2-3,10-12,20H,4-9H2,1H3,(H,22,27)(H,21,23,24). The average molecular weight is 365 g/mol. The van der Waals surface area contributed by atoms with Crippen LogP contribution in [0.15, 0.2) is 30.7 Å². The van der Waals surface area contributed by atoms with Gasteiger partial charge in [-0.25, -0.2) is 9.97 Å². The molecule has 1 aliphatic rings. The van der Waals surface area contributed by atoms with Gasteiger partial charge >= 0.3 is 0 Å². The third-order valence-corrected chi connectivity index (χ3v) is 4.84. The summed E-state index contributed by atoms with van der Waals surface area (Å²) in [7, 11) is 1.84. The summed E-state index contributed by atoms with van der Waals surface area (Å²) in [6, 6.07) is 6.01. The zero-order chi connectivity index (χ0) is 18.6. The SMILES string of the molecule is Cn1ncc2c(NCCNC(=O)c3ccc4c(c3)CCNCC4)ncnc21. The first kappa shape index (κ1) is 17.4. The highest BCUT2D eigenvalue weighted by molar-refractivity contribution is 5.94. The van der Waals surface area contributed by atoms with Crippen molar-refractivity contribution in [2.45, 2.75) is 12.8 Å². The van der Waals surface area contributed by atoms with Crippen molar-refractivity contribution in [2.24, 2.45) is 7.05 Å². The monoisotopic (exact) mass is 365 g/mol. The Bertz CT molecular complexity index is 966. The molecule has 0 saturated carbocycles. The maximum atomic E-state index is 12.4. The van der Waals surface area contributed by atoms with Crippen LogP contribution in [0.1, 0.15) is 21.5 Å². The lowest BCUT2D eigenvalue weighted by molar-refractivity contribution is 0.0955. The van der Waals surface area contributed by atoms with Crippen LogP contribution in [0.2, 0.25) is 0 Å². The fraction of sp³-hybridized carbons (Fsp3) is 0.368. The minimum atomic E-state index is -0.0500. The number of nitrogens with one attached hydrogen (secondary N) is 3. The van der Waals surface area contributed by atoms with E-state index in [1.165, 1.54) is 17.5 Å². The van der Waals surface area contributed by atoms with E-state index in [2.05, 4.69) is 37.1 Å². The summed E-state index contributed by atoms with van der Waals surface area (Å²) in [4.78, 5) is 20.9. The van der Waals surface area contributed by atoms with E-state index < -0.39 is 0 Å². The normalized spacial score (nSPS) is 13.8. The number of amides is 1. The van der Waals surface area contributed by atoms with Gasteiger partial charge in [-0.15, -0.1) is 0 Å². The molecule has 0 saturated heterocycles. The van der Waals surface area contributed by atoms with Gasteiger partial charge < -0.3 is 16.0 Å². The van der Waals surface area contributed by atoms with Gasteiger partial charge in [0.1, 0.15) is 12.1 Å². The molecular formula is C19H23N7O. The van der Waals surface area contributed by atoms with Gasteiger partial charge in [-0.05, 0) is 49.2 Å². The fourth-order valence-corrected chi connectivity index (χ4v) is 3.38. The summed E-state index contributed by atoms with van der Waals surface area (Å²) in [5.74, 6) is 0.672. The lowest BCUT2D eigenvalue weighted by Gasteiger charge is -2.10. The van der Waals surface area contributed by atoms with Gasteiger partial charge in [-0.2, -0.15) is 5.10 Å². The van der Waals surface area contributed by atoms with Crippen LogP contribution in [-0.4, -0.2) is 51.8 Å². The number of aryl methyl sites for hydroxylation is 1. The smallest absolute Gasteiger partial charge is 0.251 e. The summed E-state index contributed by atoms with van der Waals surface area (Å²) in [5, 5.41) is 14.7. The summed E-state index contributed by atoms with van der Waals surface area (Å²) in [5.41, 5.74) is 4.09. The van der Waals surface area contributed by atoms with Crippen LogP contribution in [0.5, 0.6) is 0 Å². The highest BCUT2D eigenvalue weighted by Gasteiger charge is 2.12. The van der Waals surface area contributed by atoms with Crippen LogP contribution in [-0.2, 0) is 19.9 Å². The third kappa shape index (κ3) is 3.75. The van der Waals surface area contributed by atoms with E-state index in [9.17, 15) is 4.79 Å². The Morgan fingerprint density at radius 2 is 2.04 bits per heavy atom. The Morgan fingerprint density at radius 1 is 1.19 bits per heavy atom. The molecule has 0 atom stereocenters. The molecule has 3 aromatic rings. The first-order valence-corrected chi connectivity index (χ1v) is 9.19. The molecule has 0 radical (unpaired) electrons. The van der Waals surface area contributed by atoms with Gasteiger partial charge in [0, 0.05) is 25.7 Å². The Kier molecular flexibility index (Phi) is 4.97. The number of hydrogen-bond donors (Lipinski definition) is 3. The van der Waals surface area contributed by atoms with Crippen molar-refractivity contribution < 1.29 is 4.79 Å².